The highest BCUT2D eigenvalue weighted by Crippen LogP contribution is 2.19. The van der Waals surface area contributed by atoms with Gasteiger partial charge in [-0.1, -0.05) is 13.8 Å². The second-order valence-electron chi connectivity index (χ2n) is 5.59. The second-order valence-corrected chi connectivity index (χ2v) is 5.59. The molecule has 118 valence electrons. The topological polar surface area (TPSA) is 38.8 Å². The van der Waals surface area contributed by atoms with Gasteiger partial charge in [0.2, 0.25) is 0 Å². The molecule has 0 atom stereocenters. The zero-order valence-electron chi connectivity index (χ0n) is 13.7. The number of urea groups is 1. The zero-order valence-corrected chi connectivity index (χ0v) is 13.7. The highest BCUT2D eigenvalue weighted by atomic mass is 16.2. The fraction of sp³-hybridized carbons (Fsp3) is 0.933. The van der Waals surface area contributed by atoms with Gasteiger partial charge in [-0.3, -0.25) is 0 Å². The standard InChI is InChI=1S/C13H26N4O.C2H6/c1-14-13(18)17-5-3-12(4-6-17)11-16-9-7-15(2)8-10-16;1-2/h12H,3-11H2,1-2H3,(H,14,18);1-2H3. The normalized spacial score (nSPS) is 22.1. The molecule has 2 fully saturated rings. The Morgan fingerprint density at radius 3 is 2.10 bits per heavy atom. The van der Waals surface area contributed by atoms with Crippen molar-refractivity contribution < 1.29 is 4.79 Å². The number of nitrogens with one attached hydrogen (secondary N) is 1. The fourth-order valence-corrected chi connectivity index (χ4v) is 2.87. The van der Waals surface area contributed by atoms with E-state index in [1.165, 1.54) is 32.7 Å². The van der Waals surface area contributed by atoms with Gasteiger partial charge in [-0.2, -0.15) is 0 Å². The van der Waals surface area contributed by atoms with Gasteiger partial charge in [0.1, 0.15) is 0 Å². The molecule has 5 nitrogen and oxygen atoms in total. The molecular formula is C15H32N4O. The molecule has 2 amide bonds. The van der Waals surface area contributed by atoms with Gasteiger partial charge in [0.05, 0.1) is 0 Å². The van der Waals surface area contributed by atoms with Gasteiger partial charge in [-0.25, -0.2) is 4.79 Å². The molecule has 0 aliphatic carbocycles. The molecule has 2 aliphatic heterocycles. The number of piperazine rings is 1. The van der Waals surface area contributed by atoms with Crippen LogP contribution in [-0.4, -0.2) is 80.6 Å². The summed E-state index contributed by atoms with van der Waals surface area (Å²) in [6.07, 6.45) is 2.31. The molecule has 2 saturated heterocycles. The van der Waals surface area contributed by atoms with E-state index in [1.54, 1.807) is 7.05 Å². The van der Waals surface area contributed by atoms with Crippen LogP contribution in [0.2, 0.25) is 0 Å². The summed E-state index contributed by atoms with van der Waals surface area (Å²) in [4.78, 5) is 18.4. The first-order chi connectivity index (χ1) is 9.69. The third-order valence-electron chi connectivity index (χ3n) is 4.23. The van der Waals surface area contributed by atoms with Crippen LogP contribution in [-0.2, 0) is 0 Å². The van der Waals surface area contributed by atoms with Crippen LogP contribution in [0.4, 0.5) is 4.79 Å². The number of rotatable bonds is 2. The van der Waals surface area contributed by atoms with Crippen LogP contribution >= 0.6 is 0 Å². The molecule has 0 bridgehead atoms. The van der Waals surface area contributed by atoms with Crippen molar-refractivity contribution in [1.82, 2.24) is 20.0 Å². The number of amides is 2. The molecule has 0 unspecified atom stereocenters. The first-order valence-electron chi connectivity index (χ1n) is 8.06. The zero-order chi connectivity index (χ0) is 15.0. The van der Waals surface area contributed by atoms with E-state index >= 15 is 0 Å². The van der Waals surface area contributed by atoms with Crippen molar-refractivity contribution in [3.8, 4) is 0 Å². The third kappa shape index (κ3) is 5.29. The molecule has 1 N–H and O–H groups in total. The van der Waals surface area contributed by atoms with Crippen molar-refractivity contribution in [2.45, 2.75) is 26.7 Å². The third-order valence-corrected chi connectivity index (χ3v) is 4.23. The van der Waals surface area contributed by atoms with Crippen LogP contribution < -0.4 is 5.32 Å². The minimum absolute atomic E-state index is 0.0769. The van der Waals surface area contributed by atoms with Gasteiger partial charge in [-0.05, 0) is 25.8 Å². The van der Waals surface area contributed by atoms with E-state index in [0.717, 1.165) is 31.8 Å². The van der Waals surface area contributed by atoms with Crippen LogP contribution in [0.1, 0.15) is 26.7 Å². The fourth-order valence-electron chi connectivity index (χ4n) is 2.87. The van der Waals surface area contributed by atoms with Crippen molar-refractivity contribution in [2.24, 2.45) is 5.92 Å². The lowest BCUT2D eigenvalue weighted by Crippen LogP contribution is -2.48. The van der Waals surface area contributed by atoms with Crippen molar-refractivity contribution in [2.75, 3.05) is 59.9 Å². The van der Waals surface area contributed by atoms with Gasteiger partial charge in [-0.15, -0.1) is 0 Å². The number of likely N-dealkylation sites (tertiary alicyclic amines) is 1. The summed E-state index contributed by atoms with van der Waals surface area (Å²) in [6, 6.07) is 0.0769. The number of likely N-dealkylation sites (N-methyl/N-ethyl adjacent to an activating group) is 1. The van der Waals surface area contributed by atoms with Crippen molar-refractivity contribution in [1.29, 1.82) is 0 Å². The number of hydrogen-bond acceptors (Lipinski definition) is 3. The maximum Gasteiger partial charge on any atom is 0.317 e. The van der Waals surface area contributed by atoms with E-state index in [2.05, 4.69) is 22.2 Å². The van der Waals surface area contributed by atoms with Crippen LogP contribution in [0, 0.1) is 5.92 Å². The maximum absolute atomic E-state index is 11.5. The monoisotopic (exact) mass is 284 g/mol. The number of nitrogens with zero attached hydrogens (tertiary/aromatic N) is 3. The molecule has 0 aromatic carbocycles. The summed E-state index contributed by atoms with van der Waals surface area (Å²) < 4.78 is 0. The van der Waals surface area contributed by atoms with Crippen molar-refractivity contribution in [3.63, 3.8) is 0 Å². The largest absolute Gasteiger partial charge is 0.341 e. The Bertz CT molecular complexity index is 269. The van der Waals surface area contributed by atoms with Crippen molar-refractivity contribution in [3.05, 3.63) is 0 Å². The first kappa shape index (κ1) is 17.2. The minimum atomic E-state index is 0.0769. The van der Waals surface area contributed by atoms with Crippen LogP contribution in [0.15, 0.2) is 0 Å². The van der Waals surface area contributed by atoms with Crippen LogP contribution in [0.5, 0.6) is 0 Å². The highest BCUT2D eigenvalue weighted by Gasteiger charge is 2.24. The molecule has 2 heterocycles. The Morgan fingerprint density at radius 1 is 1.05 bits per heavy atom. The molecular weight excluding hydrogens is 252 g/mol. The summed E-state index contributed by atoms with van der Waals surface area (Å²) in [5.74, 6) is 0.773. The van der Waals surface area contributed by atoms with E-state index in [9.17, 15) is 4.79 Å². The minimum Gasteiger partial charge on any atom is -0.341 e. The predicted octanol–water partition coefficient (Wildman–Crippen LogP) is 1.31. The van der Waals surface area contributed by atoms with Gasteiger partial charge < -0.3 is 20.0 Å². The molecule has 20 heavy (non-hydrogen) atoms. The highest BCUT2D eigenvalue weighted by molar-refractivity contribution is 5.73. The molecule has 2 aliphatic rings. The molecule has 2 rings (SSSR count). The van der Waals surface area contributed by atoms with Gasteiger partial charge in [0, 0.05) is 52.9 Å². The molecule has 0 spiro atoms. The number of piperidine rings is 1. The average molecular weight is 284 g/mol. The van der Waals surface area contributed by atoms with E-state index < -0.39 is 0 Å². The lowest BCUT2D eigenvalue weighted by Gasteiger charge is -2.37. The summed E-state index contributed by atoms with van der Waals surface area (Å²) in [6.45, 7) is 11.8. The second kappa shape index (κ2) is 9.19. The Hall–Kier alpha value is -0.810. The molecule has 0 aromatic rings. The lowest BCUT2D eigenvalue weighted by molar-refractivity contribution is 0.111. The van der Waals surface area contributed by atoms with E-state index in [-0.39, 0.29) is 6.03 Å². The van der Waals surface area contributed by atoms with Gasteiger partial charge in [0.15, 0.2) is 0 Å². The van der Waals surface area contributed by atoms with E-state index in [4.69, 9.17) is 0 Å². The Morgan fingerprint density at radius 2 is 1.60 bits per heavy atom. The number of carbonyl (C=O) groups excluding carboxylic acids is 1. The smallest absolute Gasteiger partial charge is 0.317 e. The van der Waals surface area contributed by atoms with E-state index in [1.807, 2.05) is 18.7 Å². The number of hydrogen-bond donors (Lipinski definition) is 1. The summed E-state index contributed by atoms with van der Waals surface area (Å²) in [7, 11) is 3.90. The molecule has 0 saturated carbocycles. The average Bonchev–Trinajstić information content (AvgIpc) is 2.51. The quantitative estimate of drug-likeness (QED) is 0.831. The molecule has 5 heteroatoms. The number of carbonyl (C=O) groups is 1. The predicted molar refractivity (Wildman–Crippen MR) is 84.0 cm³/mol. The summed E-state index contributed by atoms with van der Waals surface area (Å²) >= 11 is 0. The Kier molecular flexibility index (Phi) is 7.92. The molecule has 0 radical (unpaired) electrons. The van der Waals surface area contributed by atoms with Crippen LogP contribution in [0.25, 0.3) is 0 Å². The van der Waals surface area contributed by atoms with Crippen molar-refractivity contribution >= 4 is 6.03 Å². The Balaban J connectivity index is 0.000000956. The van der Waals surface area contributed by atoms with E-state index in [0.29, 0.717) is 0 Å². The van der Waals surface area contributed by atoms with Gasteiger partial charge in [0.25, 0.3) is 0 Å². The molecule has 0 aromatic heterocycles. The Labute approximate surface area is 124 Å². The van der Waals surface area contributed by atoms with Crippen LogP contribution in [0.3, 0.4) is 0 Å². The summed E-state index contributed by atoms with van der Waals surface area (Å²) in [5, 5.41) is 2.71. The summed E-state index contributed by atoms with van der Waals surface area (Å²) in [5.41, 5.74) is 0. The van der Waals surface area contributed by atoms with Gasteiger partial charge >= 0.3 is 6.03 Å². The lowest BCUT2D eigenvalue weighted by atomic mass is 9.96. The SMILES string of the molecule is CC.CNC(=O)N1CCC(CN2CCN(C)CC2)CC1. The first-order valence-corrected chi connectivity index (χ1v) is 8.06. The maximum atomic E-state index is 11.5.